The monoisotopic (exact) mass is 188 g/mol. The second-order valence-corrected chi connectivity index (χ2v) is 2.62. The Morgan fingerprint density at radius 3 is 2.58 bits per heavy atom. The van der Waals surface area contributed by atoms with Crippen LogP contribution in [0.2, 0.25) is 0 Å². The molecule has 3 heteroatoms. The zero-order valence-electron chi connectivity index (χ0n) is 7.56. The first-order valence-electron chi connectivity index (χ1n) is 3.79. The second-order valence-electron chi connectivity index (χ2n) is 2.22. The lowest BCUT2D eigenvalue weighted by Crippen LogP contribution is -2.00. The summed E-state index contributed by atoms with van der Waals surface area (Å²) in [5.74, 6) is -0.399. The number of ether oxygens (including phenoxy) is 1. The van der Waals surface area contributed by atoms with Crippen molar-refractivity contribution >= 4 is 17.6 Å². The molecule has 0 unspecified atom stereocenters. The highest BCUT2D eigenvalue weighted by Crippen LogP contribution is 2.13. The highest BCUT2D eigenvalue weighted by Gasteiger charge is 2.00. The van der Waals surface area contributed by atoms with Gasteiger partial charge in [0, 0.05) is 6.08 Å². The van der Waals surface area contributed by atoms with Crippen molar-refractivity contribution in [1.29, 1.82) is 0 Å². The van der Waals surface area contributed by atoms with E-state index in [1.54, 1.807) is 6.92 Å². The molecule has 0 saturated heterocycles. The van der Waals surface area contributed by atoms with Gasteiger partial charge in [-0.1, -0.05) is 17.7 Å². The standard InChI is InChI=1S/C9H13ClO2/c1-4-7(3)8(10)6-9(11)12-5-2/h4,6H,5H2,1-3H3/b7-4+,8-6-. The van der Waals surface area contributed by atoms with Gasteiger partial charge in [0.2, 0.25) is 0 Å². The van der Waals surface area contributed by atoms with Gasteiger partial charge >= 0.3 is 5.97 Å². The van der Waals surface area contributed by atoms with E-state index in [2.05, 4.69) is 4.74 Å². The zero-order chi connectivity index (χ0) is 9.56. The number of hydrogen-bond donors (Lipinski definition) is 0. The van der Waals surface area contributed by atoms with Crippen LogP contribution in [0, 0.1) is 0 Å². The Bertz CT molecular complexity index is 217. The minimum Gasteiger partial charge on any atom is -0.463 e. The third kappa shape index (κ3) is 4.19. The first-order chi connectivity index (χ1) is 5.61. The summed E-state index contributed by atoms with van der Waals surface area (Å²) in [7, 11) is 0. The predicted octanol–water partition coefficient (Wildman–Crippen LogP) is 2.64. The van der Waals surface area contributed by atoms with Crippen LogP contribution in [-0.4, -0.2) is 12.6 Å². The van der Waals surface area contributed by atoms with Gasteiger partial charge in [-0.15, -0.1) is 0 Å². The highest BCUT2D eigenvalue weighted by molar-refractivity contribution is 6.33. The van der Waals surface area contributed by atoms with Crippen molar-refractivity contribution in [3.8, 4) is 0 Å². The molecule has 0 N–H and O–H groups in total. The summed E-state index contributed by atoms with van der Waals surface area (Å²) in [6.07, 6.45) is 3.11. The summed E-state index contributed by atoms with van der Waals surface area (Å²) in [6.45, 7) is 5.81. The van der Waals surface area contributed by atoms with Gasteiger partial charge in [0.25, 0.3) is 0 Å². The Morgan fingerprint density at radius 2 is 2.17 bits per heavy atom. The van der Waals surface area contributed by atoms with Gasteiger partial charge in [0.15, 0.2) is 0 Å². The molecule has 68 valence electrons. The van der Waals surface area contributed by atoms with Crippen LogP contribution in [0.25, 0.3) is 0 Å². The lowest BCUT2D eigenvalue weighted by atomic mass is 10.2. The molecular formula is C9H13ClO2. The molecule has 0 aromatic heterocycles. The summed E-state index contributed by atoms with van der Waals surface area (Å²) in [6, 6.07) is 0. The first-order valence-corrected chi connectivity index (χ1v) is 4.16. The van der Waals surface area contributed by atoms with Crippen molar-refractivity contribution in [1.82, 2.24) is 0 Å². The van der Waals surface area contributed by atoms with E-state index in [1.165, 1.54) is 6.08 Å². The topological polar surface area (TPSA) is 26.3 Å². The van der Waals surface area contributed by atoms with Crippen LogP contribution in [0.1, 0.15) is 20.8 Å². The lowest BCUT2D eigenvalue weighted by molar-refractivity contribution is -0.137. The number of hydrogen-bond acceptors (Lipinski definition) is 2. The van der Waals surface area contributed by atoms with E-state index in [1.807, 2.05) is 19.9 Å². The van der Waals surface area contributed by atoms with E-state index in [9.17, 15) is 4.79 Å². The molecule has 0 bridgehead atoms. The molecule has 2 nitrogen and oxygen atoms in total. The van der Waals surface area contributed by atoms with Gasteiger partial charge in [0.1, 0.15) is 0 Å². The van der Waals surface area contributed by atoms with Crippen molar-refractivity contribution in [2.24, 2.45) is 0 Å². The van der Waals surface area contributed by atoms with Crippen LogP contribution >= 0.6 is 11.6 Å². The van der Waals surface area contributed by atoms with Crippen molar-refractivity contribution in [2.45, 2.75) is 20.8 Å². The Labute approximate surface area is 77.9 Å². The normalized spacial score (nSPS) is 13.0. The molecule has 0 fully saturated rings. The van der Waals surface area contributed by atoms with E-state index in [0.717, 1.165) is 5.57 Å². The Balaban J connectivity index is 4.26. The van der Waals surface area contributed by atoms with E-state index < -0.39 is 5.97 Å². The molecule has 0 aliphatic rings. The van der Waals surface area contributed by atoms with Crippen LogP contribution in [0.4, 0.5) is 0 Å². The molecule has 0 aromatic carbocycles. The van der Waals surface area contributed by atoms with Crippen LogP contribution in [0.15, 0.2) is 22.8 Å². The fraction of sp³-hybridized carbons (Fsp3) is 0.444. The van der Waals surface area contributed by atoms with E-state index >= 15 is 0 Å². The van der Waals surface area contributed by atoms with Crippen molar-refractivity contribution in [3.05, 3.63) is 22.8 Å². The number of esters is 1. The molecule has 0 aromatic rings. The summed E-state index contributed by atoms with van der Waals surface area (Å²) in [5.41, 5.74) is 0.865. The molecular weight excluding hydrogens is 176 g/mol. The number of carbonyl (C=O) groups excluding carboxylic acids is 1. The zero-order valence-corrected chi connectivity index (χ0v) is 8.31. The largest absolute Gasteiger partial charge is 0.463 e. The van der Waals surface area contributed by atoms with Gasteiger partial charge in [-0.05, 0) is 26.3 Å². The average Bonchev–Trinajstić information content (AvgIpc) is 2.03. The van der Waals surface area contributed by atoms with E-state index in [-0.39, 0.29) is 0 Å². The average molecular weight is 189 g/mol. The maximum atomic E-state index is 10.9. The molecule has 0 atom stereocenters. The van der Waals surface area contributed by atoms with Crippen LogP contribution in [-0.2, 0) is 9.53 Å². The fourth-order valence-electron chi connectivity index (χ4n) is 0.539. The highest BCUT2D eigenvalue weighted by atomic mass is 35.5. The molecule has 0 radical (unpaired) electrons. The minimum absolute atomic E-state index is 0.369. The van der Waals surface area contributed by atoms with Crippen molar-refractivity contribution in [3.63, 3.8) is 0 Å². The van der Waals surface area contributed by atoms with Crippen LogP contribution in [0.5, 0.6) is 0 Å². The summed E-state index contributed by atoms with van der Waals surface area (Å²) in [4.78, 5) is 10.9. The quantitative estimate of drug-likeness (QED) is 0.387. The van der Waals surface area contributed by atoms with E-state index in [0.29, 0.717) is 11.6 Å². The predicted molar refractivity (Wildman–Crippen MR) is 50.0 cm³/mol. The van der Waals surface area contributed by atoms with Crippen LogP contribution in [0.3, 0.4) is 0 Å². The van der Waals surface area contributed by atoms with Gasteiger partial charge in [-0.25, -0.2) is 4.79 Å². The summed E-state index contributed by atoms with van der Waals surface area (Å²) in [5, 5.41) is 0.427. The molecule has 0 saturated carbocycles. The van der Waals surface area contributed by atoms with Crippen molar-refractivity contribution in [2.75, 3.05) is 6.61 Å². The maximum absolute atomic E-state index is 10.9. The SMILES string of the molecule is C/C=C(C)/C(Cl)=C/C(=O)OCC. The molecule has 0 aliphatic heterocycles. The molecule has 0 aliphatic carbocycles. The maximum Gasteiger partial charge on any atom is 0.332 e. The first kappa shape index (κ1) is 11.2. The molecule has 12 heavy (non-hydrogen) atoms. The smallest absolute Gasteiger partial charge is 0.332 e. The number of rotatable bonds is 3. The summed E-state index contributed by atoms with van der Waals surface area (Å²) < 4.78 is 4.68. The second kappa shape index (κ2) is 5.84. The number of carbonyl (C=O) groups is 1. The Kier molecular flexibility index (Phi) is 5.47. The third-order valence-electron chi connectivity index (χ3n) is 1.34. The number of allylic oxidation sites excluding steroid dienone is 3. The molecule has 0 spiro atoms. The molecule has 0 heterocycles. The van der Waals surface area contributed by atoms with E-state index in [4.69, 9.17) is 11.6 Å². The number of halogens is 1. The lowest BCUT2D eigenvalue weighted by Gasteiger charge is -1.98. The molecule has 0 amide bonds. The Hall–Kier alpha value is -0.760. The van der Waals surface area contributed by atoms with Gasteiger partial charge in [-0.3, -0.25) is 0 Å². The van der Waals surface area contributed by atoms with Crippen molar-refractivity contribution < 1.29 is 9.53 Å². The third-order valence-corrected chi connectivity index (χ3v) is 1.75. The Morgan fingerprint density at radius 1 is 1.58 bits per heavy atom. The minimum atomic E-state index is -0.399. The molecule has 0 rings (SSSR count). The fourth-order valence-corrected chi connectivity index (χ4v) is 0.737. The van der Waals surface area contributed by atoms with Gasteiger partial charge in [-0.2, -0.15) is 0 Å². The van der Waals surface area contributed by atoms with Gasteiger partial charge < -0.3 is 4.74 Å². The van der Waals surface area contributed by atoms with Crippen LogP contribution < -0.4 is 0 Å². The van der Waals surface area contributed by atoms with Gasteiger partial charge in [0.05, 0.1) is 11.6 Å². The summed E-state index contributed by atoms with van der Waals surface area (Å²) >= 11 is 5.75.